The minimum Gasteiger partial charge on any atom is -0.495 e. The van der Waals surface area contributed by atoms with Crippen molar-refractivity contribution in [3.05, 3.63) is 23.8 Å². The number of rotatable bonds is 5. The molecule has 0 heterocycles. The van der Waals surface area contributed by atoms with Crippen molar-refractivity contribution in [3.63, 3.8) is 0 Å². The van der Waals surface area contributed by atoms with Gasteiger partial charge >= 0.3 is 0 Å². The molecule has 110 valence electrons. The second-order valence-corrected chi connectivity index (χ2v) is 6.01. The van der Waals surface area contributed by atoms with Gasteiger partial charge in [0.2, 0.25) is 10.0 Å². The molecule has 0 aliphatic rings. The lowest BCUT2D eigenvalue weighted by molar-refractivity contribution is 0.413. The first kappa shape index (κ1) is 16.5. The Balaban J connectivity index is 3.20. The summed E-state index contributed by atoms with van der Waals surface area (Å²) in [4.78, 5) is 0.167. The maximum atomic E-state index is 12.2. The van der Waals surface area contributed by atoms with Gasteiger partial charge in [0.1, 0.15) is 5.75 Å². The zero-order valence-corrected chi connectivity index (χ0v) is 12.8. The van der Waals surface area contributed by atoms with Crippen LogP contribution in [0.4, 0.5) is 0 Å². The first-order chi connectivity index (χ1) is 9.44. The van der Waals surface area contributed by atoms with E-state index in [0.29, 0.717) is 11.3 Å². The first-order valence-corrected chi connectivity index (χ1v) is 7.82. The fourth-order valence-corrected chi connectivity index (χ4v) is 2.87. The van der Waals surface area contributed by atoms with Crippen LogP contribution in [-0.2, 0) is 10.0 Å². The Morgan fingerprint density at radius 1 is 1.45 bits per heavy atom. The van der Waals surface area contributed by atoms with Crippen LogP contribution in [0, 0.1) is 11.8 Å². The Morgan fingerprint density at radius 2 is 2.15 bits per heavy atom. The molecule has 1 aromatic carbocycles. The monoisotopic (exact) mass is 296 g/mol. The minimum atomic E-state index is -3.55. The van der Waals surface area contributed by atoms with Gasteiger partial charge < -0.3 is 10.5 Å². The highest BCUT2D eigenvalue weighted by Crippen LogP contribution is 2.21. The van der Waals surface area contributed by atoms with Crippen LogP contribution in [0.1, 0.15) is 25.8 Å². The number of hydrogen-bond donors (Lipinski definition) is 2. The van der Waals surface area contributed by atoms with E-state index in [9.17, 15) is 8.42 Å². The summed E-state index contributed by atoms with van der Waals surface area (Å²) in [6.07, 6.45) is 0.717. The van der Waals surface area contributed by atoms with Crippen molar-refractivity contribution in [1.29, 1.82) is 0 Å². The summed E-state index contributed by atoms with van der Waals surface area (Å²) in [6.45, 7) is 3.93. The molecule has 0 aliphatic heterocycles. The second kappa shape index (κ2) is 7.29. The lowest BCUT2D eigenvalue weighted by atomic mass is 10.2. The molecule has 6 heteroatoms. The van der Waals surface area contributed by atoms with E-state index in [1.807, 2.05) is 13.8 Å². The fourth-order valence-electron chi connectivity index (χ4n) is 1.51. The van der Waals surface area contributed by atoms with E-state index in [1.165, 1.54) is 19.2 Å². The molecule has 1 atom stereocenters. The second-order valence-electron chi connectivity index (χ2n) is 4.30. The van der Waals surface area contributed by atoms with Gasteiger partial charge in [-0.1, -0.05) is 18.8 Å². The zero-order valence-electron chi connectivity index (χ0n) is 11.9. The van der Waals surface area contributed by atoms with Gasteiger partial charge in [-0.05, 0) is 31.5 Å². The summed E-state index contributed by atoms with van der Waals surface area (Å²) in [5.41, 5.74) is 5.84. The summed E-state index contributed by atoms with van der Waals surface area (Å²) in [6, 6.07) is 4.45. The van der Waals surface area contributed by atoms with E-state index < -0.39 is 10.0 Å². The predicted octanol–water partition coefficient (Wildman–Crippen LogP) is 1.08. The van der Waals surface area contributed by atoms with Crippen molar-refractivity contribution >= 4 is 10.0 Å². The SMILES string of the molecule is CCC(C)NS(=O)(=O)c1ccc(OC)c(C#CCN)c1. The Morgan fingerprint density at radius 3 is 2.70 bits per heavy atom. The molecule has 0 aliphatic carbocycles. The Bertz CT molecular complexity index is 615. The van der Waals surface area contributed by atoms with E-state index in [2.05, 4.69) is 16.6 Å². The first-order valence-electron chi connectivity index (χ1n) is 6.34. The van der Waals surface area contributed by atoms with Crippen molar-refractivity contribution in [1.82, 2.24) is 4.72 Å². The molecule has 0 spiro atoms. The summed E-state index contributed by atoms with van der Waals surface area (Å²) in [7, 11) is -2.04. The molecule has 0 aromatic heterocycles. The maximum absolute atomic E-state index is 12.2. The predicted molar refractivity (Wildman–Crippen MR) is 79.0 cm³/mol. The highest BCUT2D eigenvalue weighted by Gasteiger charge is 2.17. The number of nitrogens with one attached hydrogen (secondary N) is 1. The molecule has 0 amide bonds. The maximum Gasteiger partial charge on any atom is 0.240 e. The fraction of sp³-hybridized carbons (Fsp3) is 0.429. The lowest BCUT2D eigenvalue weighted by Crippen LogP contribution is -2.32. The number of methoxy groups -OCH3 is 1. The smallest absolute Gasteiger partial charge is 0.240 e. The number of nitrogens with two attached hydrogens (primary N) is 1. The van der Waals surface area contributed by atoms with Gasteiger partial charge in [-0.3, -0.25) is 0 Å². The van der Waals surface area contributed by atoms with E-state index in [1.54, 1.807) is 6.07 Å². The number of sulfonamides is 1. The number of benzene rings is 1. The van der Waals surface area contributed by atoms with Crippen molar-refractivity contribution in [2.75, 3.05) is 13.7 Å². The van der Waals surface area contributed by atoms with Crippen molar-refractivity contribution < 1.29 is 13.2 Å². The Hall–Kier alpha value is -1.55. The Kier molecular flexibility index (Phi) is 6.02. The van der Waals surface area contributed by atoms with E-state index in [0.717, 1.165) is 6.42 Å². The molecule has 5 nitrogen and oxygen atoms in total. The third kappa shape index (κ3) is 4.23. The molecule has 1 unspecified atom stereocenters. The third-order valence-electron chi connectivity index (χ3n) is 2.78. The van der Waals surface area contributed by atoms with Crippen LogP contribution in [0.15, 0.2) is 23.1 Å². The van der Waals surface area contributed by atoms with Crippen molar-refractivity contribution in [3.8, 4) is 17.6 Å². The topological polar surface area (TPSA) is 81.4 Å². The van der Waals surface area contributed by atoms with Gasteiger partial charge in [-0.15, -0.1) is 0 Å². The summed E-state index contributed by atoms with van der Waals surface area (Å²) >= 11 is 0. The van der Waals surface area contributed by atoms with Crippen LogP contribution in [0.5, 0.6) is 5.75 Å². The highest BCUT2D eigenvalue weighted by molar-refractivity contribution is 7.89. The average molecular weight is 296 g/mol. The quantitative estimate of drug-likeness (QED) is 0.797. The van der Waals surface area contributed by atoms with Crippen molar-refractivity contribution in [2.24, 2.45) is 5.73 Å². The van der Waals surface area contributed by atoms with Gasteiger partial charge in [0.05, 0.1) is 24.1 Å². The summed E-state index contributed by atoms with van der Waals surface area (Å²) < 4.78 is 32.2. The van der Waals surface area contributed by atoms with Crippen LogP contribution >= 0.6 is 0 Å². The van der Waals surface area contributed by atoms with Crippen LogP contribution in [-0.4, -0.2) is 28.1 Å². The molecule has 0 bridgehead atoms. The molecule has 1 aromatic rings. The molecule has 1 rings (SSSR count). The number of hydrogen-bond acceptors (Lipinski definition) is 4. The zero-order chi connectivity index (χ0) is 15.2. The lowest BCUT2D eigenvalue weighted by Gasteiger charge is -2.13. The molecule has 20 heavy (non-hydrogen) atoms. The molecular formula is C14H20N2O3S. The third-order valence-corrected chi connectivity index (χ3v) is 4.36. The van der Waals surface area contributed by atoms with Gasteiger partial charge in [0, 0.05) is 6.04 Å². The van der Waals surface area contributed by atoms with E-state index in [-0.39, 0.29) is 17.5 Å². The van der Waals surface area contributed by atoms with E-state index >= 15 is 0 Å². The molecule has 0 radical (unpaired) electrons. The summed E-state index contributed by atoms with van der Waals surface area (Å²) in [5.74, 6) is 6.03. The largest absolute Gasteiger partial charge is 0.495 e. The molecule has 0 saturated heterocycles. The normalized spacial score (nSPS) is 12.4. The molecule has 3 N–H and O–H groups in total. The van der Waals surface area contributed by atoms with Gasteiger partial charge in [-0.25, -0.2) is 13.1 Å². The summed E-state index contributed by atoms with van der Waals surface area (Å²) in [5, 5.41) is 0. The average Bonchev–Trinajstić information content (AvgIpc) is 2.44. The van der Waals surface area contributed by atoms with Crippen molar-refractivity contribution in [2.45, 2.75) is 31.2 Å². The van der Waals surface area contributed by atoms with Crippen LogP contribution in [0.25, 0.3) is 0 Å². The van der Waals surface area contributed by atoms with E-state index in [4.69, 9.17) is 10.5 Å². The minimum absolute atomic E-state index is 0.124. The molecule has 0 saturated carbocycles. The van der Waals surface area contributed by atoms with Crippen LogP contribution < -0.4 is 15.2 Å². The standard InChI is InChI=1S/C14H20N2O3S/c1-4-11(2)16-20(17,18)13-7-8-14(19-3)12(10-13)6-5-9-15/h7-8,10-11,16H,4,9,15H2,1-3H3. The van der Waals surface area contributed by atoms with Gasteiger partial charge in [0.15, 0.2) is 0 Å². The van der Waals surface area contributed by atoms with Crippen LogP contribution in [0.2, 0.25) is 0 Å². The van der Waals surface area contributed by atoms with Crippen LogP contribution in [0.3, 0.4) is 0 Å². The highest BCUT2D eigenvalue weighted by atomic mass is 32.2. The van der Waals surface area contributed by atoms with Gasteiger partial charge in [0.25, 0.3) is 0 Å². The molecule has 0 fully saturated rings. The Labute approximate surface area is 120 Å². The number of ether oxygens (including phenoxy) is 1. The van der Waals surface area contributed by atoms with Gasteiger partial charge in [-0.2, -0.15) is 0 Å². The molecular weight excluding hydrogens is 276 g/mol.